The Kier molecular flexibility index (Phi) is 7.84. The number of aromatic nitrogens is 3. The minimum atomic E-state index is 0.115. The second-order valence-electron chi connectivity index (χ2n) is 9.97. The monoisotopic (exact) mass is 476 g/mol. The smallest absolute Gasteiger partial charge is 0.230 e. The van der Waals surface area contributed by atoms with Crippen molar-refractivity contribution in [2.45, 2.75) is 81.8 Å². The summed E-state index contributed by atoms with van der Waals surface area (Å²) in [4.78, 5) is 12.6. The van der Waals surface area contributed by atoms with Gasteiger partial charge in [-0.1, -0.05) is 92.8 Å². The van der Waals surface area contributed by atoms with Gasteiger partial charge in [0, 0.05) is 19.0 Å². The van der Waals surface area contributed by atoms with E-state index >= 15 is 0 Å². The lowest BCUT2D eigenvalue weighted by Gasteiger charge is -2.26. The summed E-state index contributed by atoms with van der Waals surface area (Å²) >= 11 is 1.55. The first-order chi connectivity index (χ1) is 16.8. The van der Waals surface area contributed by atoms with Gasteiger partial charge in [-0.3, -0.25) is 4.79 Å². The molecule has 0 atom stereocenters. The number of fused-ring (bicyclic) bond motifs is 1. The third kappa shape index (κ3) is 5.65. The highest BCUT2D eigenvalue weighted by atomic mass is 32.2. The van der Waals surface area contributed by atoms with Crippen LogP contribution in [0.5, 0.6) is 0 Å². The van der Waals surface area contributed by atoms with E-state index in [1.807, 2.05) is 0 Å². The molecule has 180 valence electrons. The average Bonchev–Trinajstić information content (AvgIpc) is 3.30. The van der Waals surface area contributed by atoms with Crippen LogP contribution in [0.1, 0.15) is 81.6 Å². The zero-order valence-corrected chi connectivity index (χ0v) is 20.9. The Hall–Kier alpha value is -2.34. The van der Waals surface area contributed by atoms with Crippen molar-refractivity contribution in [1.29, 1.82) is 0 Å². The van der Waals surface area contributed by atoms with Gasteiger partial charge in [0.05, 0.1) is 5.75 Å². The van der Waals surface area contributed by atoms with Gasteiger partial charge >= 0.3 is 0 Å². The summed E-state index contributed by atoms with van der Waals surface area (Å²) in [5, 5.41) is 15.8. The summed E-state index contributed by atoms with van der Waals surface area (Å²) in [6, 6.07) is 15.5. The van der Waals surface area contributed by atoms with E-state index in [4.69, 9.17) is 0 Å². The molecule has 5 rings (SSSR count). The normalized spacial score (nSPS) is 17.8. The second kappa shape index (κ2) is 11.4. The molecule has 1 heterocycles. The summed E-state index contributed by atoms with van der Waals surface area (Å²) in [6.45, 7) is 0.820. The molecule has 2 aromatic carbocycles. The number of thioether (sulfide) groups is 1. The maximum atomic E-state index is 12.6. The number of carbonyl (C=O) groups is 1. The van der Waals surface area contributed by atoms with Crippen LogP contribution < -0.4 is 5.32 Å². The minimum Gasteiger partial charge on any atom is -0.355 e. The fourth-order valence-electron chi connectivity index (χ4n) is 5.68. The number of hydrogen-bond acceptors (Lipinski definition) is 4. The zero-order valence-electron chi connectivity index (χ0n) is 20.0. The fraction of sp³-hybridized carbons (Fsp3) is 0.536. The van der Waals surface area contributed by atoms with E-state index in [2.05, 4.69) is 62.5 Å². The fourth-order valence-corrected chi connectivity index (χ4v) is 6.53. The molecule has 6 heteroatoms. The van der Waals surface area contributed by atoms with Crippen molar-refractivity contribution in [2.24, 2.45) is 5.92 Å². The van der Waals surface area contributed by atoms with Gasteiger partial charge in [0.2, 0.25) is 5.91 Å². The van der Waals surface area contributed by atoms with Crippen molar-refractivity contribution in [2.75, 3.05) is 12.3 Å². The maximum absolute atomic E-state index is 12.6. The third-order valence-corrected chi connectivity index (χ3v) is 8.49. The van der Waals surface area contributed by atoms with E-state index in [1.54, 1.807) is 11.8 Å². The molecule has 0 unspecified atom stereocenters. The van der Waals surface area contributed by atoms with Gasteiger partial charge in [-0.25, -0.2) is 0 Å². The molecule has 34 heavy (non-hydrogen) atoms. The van der Waals surface area contributed by atoms with E-state index in [0.717, 1.165) is 23.9 Å². The van der Waals surface area contributed by atoms with E-state index in [9.17, 15) is 4.79 Å². The standard InChI is InChI=1S/C28H36N4OS/c33-27(29-19-21-10-3-1-4-11-21)20-34-28-31-30-26(32(28)24-15-5-2-6-16-24)18-23-14-9-13-22-12-7-8-17-25(22)23/h7-9,12-14,17,21,24H,1-6,10-11,15-16,18-20H2,(H,29,33). The minimum absolute atomic E-state index is 0.115. The summed E-state index contributed by atoms with van der Waals surface area (Å²) < 4.78 is 2.36. The number of nitrogens with one attached hydrogen (secondary N) is 1. The Morgan fingerprint density at radius 3 is 2.47 bits per heavy atom. The van der Waals surface area contributed by atoms with E-state index in [1.165, 1.54) is 80.5 Å². The van der Waals surface area contributed by atoms with Crippen molar-refractivity contribution >= 4 is 28.4 Å². The SMILES string of the molecule is O=C(CSc1nnc(Cc2cccc3ccccc23)n1C1CCCCC1)NCC1CCCCC1. The molecule has 2 aliphatic rings. The summed E-state index contributed by atoms with van der Waals surface area (Å²) in [5.74, 6) is 2.20. The highest BCUT2D eigenvalue weighted by molar-refractivity contribution is 7.99. The summed E-state index contributed by atoms with van der Waals surface area (Å²) in [6.07, 6.45) is 13.4. The van der Waals surface area contributed by atoms with Crippen LogP contribution in [0.3, 0.4) is 0 Å². The van der Waals surface area contributed by atoms with Crippen LogP contribution in [-0.2, 0) is 11.2 Å². The van der Waals surface area contributed by atoms with Gasteiger partial charge in [0.1, 0.15) is 5.82 Å². The Morgan fingerprint density at radius 2 is 1.65 bits per heavy atom. The molecule has 0 saturated heterocycles. The molecule has 5 nitrogen and oxygen atoms in total. The van der Waals surface area contributed by atoms with Gasteiger partial charge < -0.3 is 9.88 Å². The summed E-state index contributed by atoms with van der Waals surface area (Å²) in [5.41, 5.74) is 1.28. The first kappa shape index (κ1) is 23.4. The van der Waals surface area contributed by atoms with Gasteiger partial charge in [0.15, 0.2) is 5.16 Å². The predicted octanol–water partition coefficient (Wildman–Crippen LogP) is 6.32. The van der Waals surface area contributed by atoms with Crippen LogP contribution in [0, 0.1) is 5.92 Å². The molecule has 1 amide bonds. The first-order valence-electron chi connectivity index (χ1n) is 13.1. The largest absolute Gasteiger partial charge is 0.355 e. The zero-order chi connectivity index (χ0) is 23.2. The number of carbonyl (C=O) groups excluding carboxylic acids is 1. The molecule has 2 saturated carbocycles. The first-order valence-corrected chi connectivity index (χ1v) is 14.1. The van der Waals surface area contributed by atoms with Crippen molar-refractivity contribution in [3.05, 3.63) is 53.9 Å². The van der Waals surface area contributed by atoms with Crippen LogP contribution in [0.25, 0.3) is 10.8 Å². The quantitative estimate of drug-likeness (QED) is 0.387. The third-order valence-electron chi connectivity index (χ3n) is 7.55. The maximum Gasteiger partial charge on any atom is 0.230 e. The van der Waals surface area contributed by atoms with Crippen LogP contribution in [0.15, 0.2) is 47.6 Å². The highest BCUT2D eigenvalue weighted by Gasteiger charge is 2.24. The molecule has 0 spiro atoms. The lowest BCUT2D eigenvalue weighted by Crippen LogP contribution is -2.31. The highest BCUT2D eigenvalue weighted by Crippen LogP contribution is 2.34. The van der Waals surface area contributed by atoms with Crippen molar-refractivity contribution in [1.82, 2.24) is 20.1 Å². The number of rotatable bonds is 8. The van der Waals surface area contributed by atoms with Gasteiger partial charge in [-0.15, -0.1) is 10.2 Å². The molecule has 0 aliphatic heterocycles. The molecule has 2 aliphatic carbocycles. The van der Waals surface area contributed by atoms with Crippen molar-refractivity contribution in [3.8, 4) is 0 Å². The van der Waals surface area contributed by atoms with Crippen LogP contribution in [-0.4, -0.2) is 33.0 Å². The van der Waals surface area contributed by atoms with E-state index < -0.39 is 0 Å². The van der Waals surface area contributed by atoms with E-state index in [0.29, 0.717) is 17.7 Å². The van der Waals surface area contributed by atoms with Gasteiger partial charge in [0.25, 0.3) is 0 Å². The average molecular weight is 477 g/mol. The molecular weight excluding hydrogens is 440 g/mol. The molecule has 0 radical (unpaired) electrons. The Bertz CT molecular complexity index is 1090. The van der Waals surface area contributed by atoms with Crippen LogP contribution in [0.2, 0.25) is 0 Å². The molecular formula is C28H36N4OS. The number of amides is 1. The molecule has 2 fully saturated rings. The second-order valence-corrected chi connectivity index (χ2v) is 10.9. The van der Waals surface area contributed by atoms with Crippen molar-refractivity contribution in [3.63, 3.8) is 0 Å². The number of benzene rings is 2. The molecule has 0 bridgehead atoms. The van der Waals surface area contributed by atoms with Crippen LogP contribution >= 0.6 is 11.8 Å². The predicted molar refractivity (Wildman–Crippen MR) is 139 cm³/mol. The van der Waals surface area contributed by atoms with Gasteiger partial charge in [-0.05, 0) is 47.9 Å². The Labute approximate surface area is 207 Å². The molecule has 3 aromatic rings. The Balaban J connectivity index is 1.30. The van der Waals surface area contributed by atoms with E-state index in [-0.39, 0.29) is 5.91 Å². The molecule has 1 aromatic heterocycles. The lowest BCUT2D eigenvalue weighted by molar-refractivity contribution is -0.118. The Morgan fingerprint density at radius 1 is 0.912 bits per heavy atom. The molecule has 1 N–H and O–H groups in total. The van der Waals surface area contributed by atoms with Crippen molar-refractivity contribution < 1.29 is 4.79 Å². The number of hydrogen-bond donors (Lipinski definition) is 1. The summed E-state index contributed by atoms with van der Waals surface area (Å²) in [7, 11) is 0. The van der Waals surface area contributed by atoms with Crippen LogP contribution in [0.4, 0.5) is 0 Å². The topological polar surface area (TPSA) is 59.8 Å². The number of nitrogens with zero attached hydrogens (tertiary/aromatic N) is 3. The lowest BCUT2D eigenvalue weighted by atomic mass is 9.89. The van der Waals surface area contributed by atoms with Gasteiger partial charge in [-0.2, -0.15) is 0 Å².